The average Bonchev–Trinajstić information content (AvgIpc) is 3.08. The fourth-order valence-corrected chi connectivity index (χ4v) is 4.99. The van der Waals surface area contributed by atoms with Crippen molar-refractivity contribution < 1.29 is 27.8 Å². The van der Waals surface area contributed by atoms with Crippen molar-refractivity contribution >= 4 is 12.0 Å². The molecule has 2 aliphatic rings. The third-order valence-corrected chi connectivity index (χ3v) is 6.58. The van der Waals surface area contributed by atoms with Crippen LogP contribution in [-0.2, 0) is 15.5 Å². The molecule has 2 heterocycles. The van der Waals surface area contributed by atoms with Crippen molar-refractivity contribution in [2.24, 2.45) is 5.73 Å². The molecule has 0 aromatic heterocycles. The van der Waals surface area contributed by atoms with Gasteiger partial charge in [-0.1, -0.05) is 18.2 Å². The summed E-state index contributed by atoms with van der Waals surface area (Å²) in [7, 11) is 0. The van der Waals surface area contributed by atoms with Gasteiger partial charge in [-0.15, -0.1) is 0 Å². The van der Waals surface area contributed by atoms with Crippen molar-refractivity contribution in [1.29, 1.82) is 0 Å². The molecule has 2 fully saturated rings. The highest BCUT2D eigenvalue weighted by atomic mass is 19.3. The average molecular weight is 502 g/mol. The summed E-state index contributed by atoms with van der Waals surface area (Å²) in [5.74, 6) is -3.34. The number of nitrogens with zero attached hydrogens (tertiary/aromatic N) is 1. The molecule has 3 N–H and O–H groups in total. The number of ether oxygens (including phenoxy) is 2. The Labute approximate surface area is 209 Å². The largest absolute Gasteiger partial charge is 0.457 e. The molecular formula is C27H33F2N3O4. The highest BCUT2D eigenvalue weighted by Crippen LogP contribution is 2.39. The summed E-state index contributed by atoms with van der Waals surface area (Å²) < 4.78 is 41.6. The van der Waals surface area contributed by atoms with Gasteiger partial charge in [-0.3, -0.25) is 4.79 Å². The topological polar surface area (TPSA) is 93.9 Å². The maximum Gasteiger partial charge on any atom is 0.407 e. The smallest absolute Gasteiger partial charge is 0.407 e. The molecule has 36 heavy (non-hydrogen) atoms. The van der Waals surface area contributed by atoms with Crippen LogP contribution in [0.5, 0.6) is 11.5 Å². The number of carbonyl (C=O) groups is 2. The summed E-state index contributed by atoms with van der Waals surface area (Å²) in [6.07, 6.45) is 1.81. The van der Waals surface area contributed by atoms with Crippen molar-refractivity contribution in [3.63, 3.8) is 0 Å². The Morgan fingerprint density at radius 3 is 2.08 bits per heavy atom. The van der Waals surface area contributed by atoms with Crippen LogP contribution in [0.25, 0.3) is 0 Å². The summed E-state index contributed by atoms with van der Waals surface area (Å²) in [6.45, 7) is 5.34. The zero-order valence-corrected chi connectivity index (χ0v) is 20.7. The van der Waals surface area contributed by atoms with Gasteiger partial charge in [-0.05, 0) is 82.9 Å². The van der Waals surface area contributed by atoms with Crippen molar-refractivity contribution in [1.82, 2.24) is 10.2 Å². The maximum atomic E-state index is 15.3. The molecule has 2 aromatic rings. The van der Waals surface area contributed by atoms with E-state index in [-0.39, 0.29) is 23.7 Å². The second kappa shape index (κ2) is 10.0. The van der Waals surface area contributed by atoms with Crippen LogP contribution < -0.4 is 15.8 Å². The molecule has 7 nitrogen and oxygen atoms in total. The number of nitrogens with two attached hydrogens (primary N) is 1. The first-order chi connectivity index (χ1) is 16.9. The molecule has 0 radical (unpaired) electrons. The second-order valence-electron chi connectivity index (χ2n) is 10.5. The fraction of sp³-hybridized carbons (Fsp3) is 0.481. The summed E-state index contributed by atoms with van der Waals surface area (Å²) in [4.78, 5) is 26.9. The summed E-state index contributed by atoms with van der Waals surface area (Å²) in [6, 6.07) is 11.6. The zero-order chi connectivity index (χ0) is 26.1. The first-order valence-electron chi connectivity index (χ1n) is 12.2. The number of alkyl halides is 2. The third kappa shape index (κ3) is 5.78. The van der Waals surface area contributed by atoms with E-state index >= 15 is 8.78 Å². The second-order valence-corrected chi connectivity index (χ2v) is 10.5. The van der Waals surface area contributed by atoms with E-state index < -0.39 is 29.6 Å². The van der Waals surface area contributed by atoms with Gasteiger partial charge in [-0.25, -0.2) is 4.79 Å². The van der Waals surface area contributed by atoms with Crippen LogP contribution >= 0.6 is 0 Å². The van der Waals surface area contributed by atoms with Gasteiger partial charge in [0.05, 0.1) is 0 Å². The molecule has 0 saturated carbocycles. The number of rotatable bonds is 6. The molecular weight excluding hydrogens is 468 g/mol. The van der Waals surface area contributed by atoms with Crippen molar-refractivity contribution in [3.8, 4) is 11.5 Å². The van der Waals surface area contributed by atoms with Gasteiger partial charge in [0, 0.05) is 23.7 Å². The van der Waals surface area contributed by atoms with E-state index in [2.05, 4.69) is 5.32 Å². The molecule has 2 aliphatic heterocycles. The number of nitrogens with one attached hydrogen (secondary N) is 1. The van der Waals surface area contributed by atoms with Crippen LogP contribution in [0.3, 0.4) is 0 Å². The number of hydrogen-bond acceptors (Lipinski definition) is 5. The zero-order valence-electron chi connectivity index (χ0n) is 20.7. The third-order valence-electron chi connectivity index (χ3n) is 6.58. The van der Waals surface area contributed by atoms with Crippen LogP contribution in [0, 0.1) is 0 Å². The highest BCUT2D eigenvalue weighted by molar-refractivity contribution is 5.84. The first-order valence-corrected chi connectivity index (χ1v) is 12.2. The Morgan fingerprint density at radius 2 is 1.53 bits per heavy atom. The van der Waals surface area contributed by atoms with E-state index in [1.54, 1.807) is 32.9 Å². The minimum atomic E-state index is -3.56. The quantitative estimate of drug-likeness (QED) is 0.585. The Balaban J connectivity index is 1.39. The van der Waals surface area contributed by atoms with Gasteiger partial charge >= 0.3 is 6.09 Å². The lowest BCUT2D eigenvalue weighted by Gasteiger charge is -2.41. The molecule has 2 saturated heterocycles. The highest BCUT2D eigenvalue weighted by Gasteiger charge is 2.51. The van der Waals surface area contributed by atoms with Gasteiger partial charge in [0.25, 0.3) is 5.92 Å². The molecule has 2 amide bonds. The normalized spacial score (nSPS) is 22.6. The predicted molar refractivity (Wildman–Crippen MR) is 131 cm³/mol. The van der Waals surface area contributed by atoms with E-state index in [1.807, 2.05) is 18.2 Å². The lowest BCUT2D eigenvalue weighted by atomic mass is 9.94. The first kappa shape index (κ1) is 25.9. The van der Waals surface area contributed by atoms with Crippen molar-refractivity contribution in [2.75, 3.05) is 0 Å². The molecule has 0 spiro atoms. The molecule has 4 rings (SSSR count). The molecule has 0 aliphatic carbocycles. The lowest BCUT2D eigenvalue weighted by molar-refractivity contribution is -0.147. The van der Waals surface area contributed by atoms with Gasteiger partial charge in [0.2, 0.25) is 5.91 Å². The van der Waals surface area contributed by atoms with Crippen LogP contribution in [0.2, 0.25) is 0 Å². The minimum Gasteiger partial charge on any atom is -0.457 e. The van der Waals surface area contributed by atoms with E-state index in [4.69, 9.17) is 15.2 Å². The van der Waals surface area contributed by atoms with Gasteiger partial charge < -0.3 is 25.4 Å². The predicted octanol–water partition coefficient (Wildman–Crippen LogP) is 4.94. The van der Waals surface area contributed by atoms with Crippen LogP contribution in [-0.4, -0.2) is 46.7 Å². The summed E-state index contributed by atoms with van der Waals surface area (Å²) >= 11 is 0. The van der Waals surface area contributed by atoms with Crippen LogP contribution in [0.15, 0.2) is 54.6 Å². The van der Waals surface area contributed by atoms with Gasteiger partial charge in [-0.2, -0.15) is 8.78 Å². The Hall–Kier alpha value is -3.20. The van der Waals surface area contributed by atoms with Crippen molar-refractivity contribution in [2.45, 2.75) is 82.1 Å². The van der Waals surface area contributed by atoms with E-state index in [1.165, 1.54) is 29.2 Å². The van der Waals surface area contributed by atoms with Crippen LogP contribution in [0.1, 0.15) is 52.0 Å². The molecule has 2 bridgehead atoms. The SMILES string of the molecule is CC(C)(C)OC(=O)NC1CC2CCC(C1)N2C(=O)C(N)C(F)(F)c1ccc(Oc2ccccc2)cc1. The Kier molecular flexibility index (Phi) is 7.22. The number of carbonyl (C=O) groups excluding carboxylic acids is 2. The number of benzene rings is 2. The van der Waals surface area contributed by atoms with E-state index in [0.717, 1.165) is 0 Å². The molecule has 194 valence electrons. The Bertz CT molecular complexity index is 1060. The summed E-state index contributed by atoms with van der Waals surface area (Å²) in [5, 5.41) is 2.85. The number of amides is 2. The van der Waals surface area contributed by atoms with E-state index in [0.29, 0.717) is 37.2 Å². The van der Waals surface area contributed by atoms with Gasteiger partial charge in [0.15, 0.2) is 6.04 Å². The van der Waals surface area contributed by atoms with Crippen molar-refractivity contribution in [3.05, 3.63) is 60.2 Å². The number of piperidine rings is 1. The number of halogens is 2. The lowest BCUT2D eigenvalue weighted by Crippen LogP contribution is -2.59. The number of fused-ring (bicyclic) bond motifs is 2. The monoisotopic (exact) mass is 501 g/mol. The molecule has 9 heteroatoms. The number of para-hydroxylation sites is 1. The van der Waals surface area contributed by atoms with Crippen LogP contribution in [0.4, 0.5) is 13.6 Å². The molecule has 2 aromatic carbocycles. The standard InChI is InChI=1S/C27H33F2N3O4/c1-26(2,3)36-25(34)31-18-15-19-11-12-20(16-18)32(19)24(33)23(30)27(28,29)17-9-13-22(14-10-17)35-21-7-5-4-6-8-21/h4-10,13-14,18-20,23H,11-12,15-16,30H2,1-3H3,(H,31,34). The van der Waals surface area contributed by atoms with E-state index in [9.17, 15) is 9.59 Å². The molecule has 3 atom stereocenters. The molecule has 3 unspecified atom stereocenters. The number of hydrogen-bond donors (Lipinski definition) is 2. The number of alkyl carbamates (subject to hydrolysis) is 1. The minimum absolute atomic E-state index is 0.185. The Morgan fingerprint density at radius 1 is 0.972 bits per heavy atom. The maximum absolute atomic E-state index is 15.3. The fourth-order valence-electron chi connectivity index (χ4n) is 4.99. The summed E-state index contributed by atoms with van der Waals surface area (Å²) in [5.41, 5.74) is 4.92. The van der Waals surface area contributed by atoms with Gasteiger partial charge in [0.1, 0.15) is 17.1 Å².